The van der Waals surface area contributed by atoms with Gasteiger partial charge < -0.3 is 10.2 Å². The number of hydrogen-bond donors (Lipinski definition) is 2. The van der Waals surface area contributed by atoms with Crippen LogP contribution in [0.3, 0.4) is 0 Å². The van der Waals surface area contributed by atoms with Crippen molar-refractivity contribution in [2.24, 2.45) is 0 Å². The molecule has 6 nitrogen and oxygen atoms in total. The lowest BCUT2D eigenvalue weighted by Gasteiger charge is -2.26. The number of piperidine rings is 1. The summed E-state index contributed by atoms with van der Waals surface area (Å²) in [5.41, 5.74) is 2.25. The molecule has 2 aromatic rings. The van der Waals surface area contributed by atoms with Gasteiger partial charge in [-0.3, -0.25) is 4.72 Å². The van der Waals surface area contributed by atoms with E-state index in [-0.39, 0.29) is 10.9 Å². The maximum atomic E-state index is 12.5. The van der Waals surface area contributed by atoms with Gasteiger partial charge in [-0.1, -0.05) is 19.1 Å². The van der Waals surface area contributed by atoms with E-state index in [1.165, 1.54) is 12.1 Å². The van der Waals surface area contributed by atoms with Gasteiger partial charge in [0.1, 0.15) is 0 Å². The lowest BCUT2D eigenvalue weighted by atomic mass is 10.1. The number of sulfonamides is 1. The van der Waals surface area contributed by atoms with Crippen molar-refractivity contribution in [2.45, 2.75) is 37.5 Å². The topological polar surface area (TPSA) is 78.5 Å². The average Bonchev–Trinajstić information content (AvgIpc) is 2.69. The van der Waals surface area contributed by atoms with Crippen molar-refractivity contribution in [3.05, 3.63) is 54.1 Å². The van der Waals surface area contributed by atoms with E-state index in [4.69, 9.17) is 0 Å². The number of rotatable bonds is 5. The number of anilines is 2. The molecule has 0 aromatic heterocycles. The molecule has 0 bridgehead atoms. The van der Waals surface area contributed by atoms with Gasteiger partial charge in [0.15, 0.2) is 0 Å². The first-order valence-electron chi connectivity index (χ1n) is 9.26. The van der Waals surface area contributed by atoms with Crippen LogP contribution in [0, 0.1) is 0 Å². The van der Waals surface area contributed by atoms with E-state index in [1.54, 1.807) is 29.2 Å². The summed E-state index contributed by atoms with van der Waals surface area (Å²) in [4.78, 5) is 14.2. The molecule has 1 aliphatic rings. The highest BCUT2D eigenvalue weighted by atomic mass is 32.2. The van der Waals surface area contributed by atoms with Gasteiger partial charge in [0.2, 0.25) is 0 Å². The first-order chi connectivity index (χ1) is 13.0. The highest BCUT2D eigenvalue weighted by molar-refractivity contribution is 7.92. The number of nitrogens with zero attached hydrogens (tertiary/aromatic N) is 1. The molecule has 0 spiro atoms. The largest absolute Gasteiger partial charge is 0.325 e. The molecule has 0 unspecified atom stereocenters. The monoisotopic (exact) mass is 387 g/mol. The van der Waals surface area contributed by atoms with Gasteiger partial charge in [0, 0.05) is 24.5 Å². The zero-order valence-corrected chi connectivity index (χ0v) is 16.3. The van der Waals surface area contributed by atoms with E-state index in [0.29, 0.717) is 11.4 Å². The van der Waals surface area contributed by atoms with Crippen molar-refractivity contribution in [1.29, 1.82) is 0 Å². The molecule has 2 aromatic carbocycles. The van der Waals surface area contributed by atoms with Crippen molar-refractivity contribution in [3.63, 3.8) is 0 Å². The molecule has 27 heavy (non-hydrogen) atoms. The predicted molar refractivity (Wildman–Crippen MR) is 108 cm³/mol. The first kappa shape index (κ1) is 19.2. The Labute approximate surface area is 160 Å². The molecule has 0 radical (unpaired) electrons. The minimum absolute atomic E-state index is 0.139. The van der Waals surface area contributed by atoms with Gasteiger partial charge in [-0.15, -0.1) is 0 Å². The standard InChI is InChI=1S/C20H25N3O3S/c1-2-16-6-8-18(9-7-16)22-27(25,26)19-12-10-17(11-13-19)21-20(24)23-14-4-3-5-15-23/h6-13,22H,2-5,14-15H2,1H3,(H,21,24). The number of urea groups is 1. The third-order valence-corrected chi connectivity index (χ3v) is 6.07. The Balaban J connectivity index is 1.65. The highest BCUT2D eigenvalue weighted by Gasteiger charge is 2.17. The zero-order chi connectivity index (χ0) is 19.3. The second-order valence-electron chi connectivity index (χ2n) is 6.66. The van der Waals surface area contributed by atoms with E-state index in [2.05, 4.69) is 10.0 Å². The van der Waals surface area contributed by atoms with Crippen molar-refractivity contribution >= 4 is 27.4 Å². The fourth-order valence-corrected chi connectivity index (χ4v) is 4.10. The molecule has 1 aliphatic heterocycles. The predicted octanol–water partition coefficient (Wildman–Crippen LogP) is 4.07. The molecule has 1 heterocycles. The van der Waals surface area contributed by atoms with Gasteiger partial charge in [-0.2, -0.15) is 0 Å². The number of nitrogens with one attached hydrogen (secondary N) is 2. The lowest BCUT2D eigenvalue weighted by molar-refractivity contribution is 0.200. The van der Waals surface area contributed by atoms with Crippen LogP contribution in [0.25, 0.3) is 0 Å². The Morgan fingerprint density at radius 3 is 2.11 bits per heavy atom. The Morgan fingerprint density at radius 2 is 1.52 bits per heavy atom. The molecule has 144 valence electrons. The summed E-state index contributed by atoms with van der Waals surface area (Å²) >= 11 is 0. The molecule has 3 rings (SSSR count). The van der Waals surface area contributed by atoms with E-state index < -0.39 is 10.0 Å². The molecular weight excluding hydrogens is 362 g/mol. The summed E-state index contributed by atoms with van der Waals surface area (Å²) < 4.78 is 27.6. The minimum Gasteiger partial charge on any atom is -0.325 e. The third-order valence-electron chi connectivity index (χ3n) is 4.67. The molecule has 0 aliphatic carbocycles. The number of benzene rings is 2. The van der Waals surface area contributed by atoms with Crippen LogP contribution in [0.2, 0.25) is 0 Å². The first-order valence-corrected chi connectivity index (χ1v) is 10.7. The molecule has 2 amide bonds. The van der Waals surface area contributed by atoms with E-state index >= 15 is 0 Å². The Hall–Kier alpha value is -2.54. The molecule has 0 saturated carbocycles. The fourth-order valence-electron chi connectivity index (χ4n) is 3.04. The molecule has 0 atom stereocenters. The highest BCUT2D eigenvalue weighted by Crippen LogP contribution is 2.19. The maximum Gasteiger partial charge on any atom is 0.321 e. The third kappa shape index (κ3) is 5.01. The molecule has 2 N–H and O–H groups in total. The van der Waals surface area contributed by atoms with Crippen molar-refractivity contribution in [1.82, 2.24) is 4.90 Å². The summed E-state index contributed by atoms with van der Waals surface area (Å²) in [5, 5.41) is 2.82. The van der Waals surface area contributed by atoms with Crippen LogP contribution >= 0.6 is 0 Å². The second-order valence-corrected chi connectivity index (χ2v) is 8.34. The quantitative estimate of drug-likeness (QED) is 0.812. The Morgan fingerprint density at radius 1 is 0.926 bits per heavy atom. The molecular formula is C20H25N3O3S. The van der Waals surface area contributed by atoms with Crippen LogP contribution in [0.15, 0.2) is 53.4 Å². The molecule has 1 fully saturated rings. The van der Waals surface area contributed by atoms with Crippen LogP contribution < -0.4 is 10.0 Å². The smallest absolute Gasteiger partial charge is 0.321 e. The Kier molecular flexibility index (Phi) is 6.01. The second kappa shape index (κ2) is 8.43. The number of amides is 2. The minimum atomic E-state index is -3.67. The normalized spacial score (nSPS) is 14.6. The van der Waals surface area contributed by atoms with E-state index in [1.807, 2.05) is 19.1 Å². The Bertz CT molecular complexity index is 872. The summed E-state index contributed by atoms with van der Waals surface area (Å²) in [6.45, 7) is 3.57. The number of hydrogen-bond acceptors (Lipinski definition) is 3. The number of likely N-dealkylation sites (tertiary alicyclic amines) is 1. The van der Waals surface area contributed by atoms with Gasteiger partial charge in [0.05, 0.1) is 4.90 Å². The van der Waals surface area contributed by atoms with Gasteiger partial charge in [-0.05, 0) is 67.6 Å². The van der Waals surface area contributed by atoms with Gasteiger partial charge >= 0.3 is 6.03 Å². The average molecular weight is 388 g/mol. The van der Waals surface area contributed by atoms with Crippen LogP contribution in [0.5, 0.6) is 0 Å². The number of carbonyl (C=O) groups excluding carboxylic acids is 1. The van der Waals surface area contributed by atoms with Crippen LogP contribution in [0.4, 0.5) is 16.2 Å². The maximum absolute atomic E-state index is 12.5. The fraction of sp³-hybridized carbons (Fsp3) is 0.350. The van der Waals surface area contributed by atoms with Crippen LogP contribution in [-0.4, -0.2) is 32.4 Å². The van der Waals surface area contributed by atoms with Gasteiger partial charge in [-0.25, -0.2) is 13.2 Å². The van der Waals surface area contributed by atoms with Crippen molar-refractivity contribution in [3.8, 4) is 0 Å². The summed E-state index contributed by atoms with van der Waals surface area (Å²) in [7, 11) is -3.67. The van der Waals surface area contributed by atoms with Crippen LogP contribution in [0.1, 0.15) is 31.7 Å². The lowest BCUT2D eigenvalue weighted by Crippen LogP contribution is -2.38. The van der Waals surface area contributed by atoms with E-state index in [9.17, 15) is 13.2 Å². The van der Waals surface area contributed by atoms with Crippen LogP contribution in [-0.2, 0) is 16.4 Å². The molecule has 7 heteroatoms. The molecule has 1 saturated heterocycles. The number of carbonyl (C=O) groups is 1. The summed E-state index contributed by atoms with van der Waals surface area (Å²) in [6.07, 6.45) is 4.10. The number of aryl methyl sites for hydroxylation is 1. The van der Waals surface area contributed by atoms with E-state index in [0.717, 1.165) is 44.3 Å². The summed E-state index contributed by atoms with van der Waals surface area (Å²) in [6, 6.07) is 13.4. The van der Waals surface area contributed by atoms with Crippen molar-refractivity contribution in [2.75, 3.05) is 23.1 Å². The zero-order valence-electron chi connectivity index (χ0n) is 15.4. The van der Waals surface area contributed by atoms with Crippen molar-refractivity contribution < 1.29 is 13.2 Å². The van der Waals surface area contributed by atoms with Gasteiger partial charge in [0.25, 0.3) is 10.0 Å². The summed E-state index contributed by atoms with van der Waals surface area (Å²) in [5.74, 6) is 0. The SMILES string of the molecule is CCc1ccc(NS(=O)(=O)c2ccc(NC(=O)N3CCCCC3)cc2)cc1.